The standard InChI is InChI=1S/C17H15N3O2S/c1-22-16(21)12-4-8-14(9-5-12)19-17-20-15(10-23-17)11-2-6-13(18)7-3-11/h2-10H,18H2,1H3,(H,19,20). The molecule has 5 nitrogen and oxygen atoms in total. The number of hydrogen-bond donors (Lipinski definition) is 2. The normalized spacial score (nSPS) is 10.3. The van der Waals surface area contributed by atoms with Crippen LogP contribution in [-0.4, -0.2) is 18.1 Å². The number of nitrogen functional groups attached to an aromatic ring is 1. The van der Waals surface area contributed by atoms with Gasteiger partial charge >= 0.3 is 5.97 Å². The molecule has 1 heterocycles. The van der Waals surface area contributed by atoms with Crippen molar-refractivity contribution in [1.82, 2.24) is 4.98 Å². The summed E-state index contributed by atoms with van der Waals surface area (Å²) in [6.07, 6.45) is 0. The molecular formula is C17H15N3O2S. The first kappa shape index (κ1) is 15.1. The maximum absolute atomic E-state index is 11.4. The average molecular weight is 325 g/mol. The van der Waals surface area contributed by atoms with Gasteiger partial charge in [-0.05, 0) is 36.4 Å². The number of benzene rings is 2. The molecule has 0 radical (unpaired) electrons. The molecule has 0 amide bonds. The Morgan fingerprint density at radius 3 is 2.48 bits per heavy atom. The van der Waals surface area contributed by atoms with Crippen LogP contribution in [0.1, 0.15) is 10.4 Å². The first-order valence-electron chi connectivity index (χ1n) is 6.92. The maximum atomic E-state index is 11.4. The van der Waals surface area contributed by atoms with Crippen LogP contribution in [-0.2, 0) is 4.74 Å². The van der Waals surface area contributed by atoms with Gasteiger partial charge in [0.1, 0.15) is 0 Å². The first-order chi connectivity index (χ1) is 11.2. The van der Waals surface area contributed by atoms with Gasteiger partial charge in [-0.25, -0.2) is 9.78 Å². The van der Waals surface area contributed by atoms with Gasteiger partial charge in [-0.1, -0.05) is 12.1 Å². The molecule has 0 unspecified atom stereocenters. The molecule has 0 atom stereocenters. The molecule has 6 heteroatoms. The number of nitrogens with one attached hydrogen (secondary N) is 1. The molecule has 0 aliphatic carbocycles. The van der Waals surface area contributed by atoms with Gasteiger partial charge in [0.25, 0.3) is 0 Å². The fourth-order valence-electron chi connectivity index (χ4n) is 2.05. The van der Waals surface area contributed by atoms with Crippen molar-refractivity contribution in [2.45, 2.75) is 0 Å². The molecule has 23 heavy (non-hydrogen) atoms. The number of nitrogens with zero attached hydrogens (tertiary/aromatic N) is 1. The SMILES string of the molecule is COC(=O)c1ccc(Nc2nc(-c3ccc(N)cc3)cs2)cc1. The lowest BCUT2D eigenvalue weighted by Crippen LogP contribution is -2.00. The number of hydrogen-bond acceptors (Lipinski definition) is 6. The smallest absolute Gasteiger partial charge is 0.337 e. The predicted molar refractivity (Wildman–Crippen MR) is 93.0 cm³/mol. The number of ether oxygens (including phenoxy) is 1. The Bertz CT molecular complexity index is 811. The molecule has 0 spiro atoms. The highest BCUT2D eigenvalue weighted by molar-refractivity contribution is 7.14. The zero-order valence-electron chi connectivity index (χ0n) is 12.4. The third-order valence-electron chi connectivity index (χ3n) is 3.27. The molecule has 0 aliphatic heterocycles. The third-order valence-corrected chi connectivity index (χ3v) is 4.03. The summed E-state index contributed by atoms with van der Waals surface area (Å²) in [6.45, 7) is 0. The van der Waals surface area contributed by atoms with Crippen molar-refractivity contribution in [1.29, 1.82) is 0 Å². The van der Waals surface area contributed by atoms with E-state index in [4.69, 9.17) is 5.73 Å². The van der Waals surface area contributed by atoms with Gasteiger partial charge in [0.05, 0.1) is 18.4 Å². The summed E-state index contributed by atoms with van der Waals surface area (Å²) >= 11 is 1.51. The number of rotatable bonds is 4. The highest BCUT2D eigenvalue weighted by Gasteiger charge is 2.07. The summed E-state index contributed by atoms with van der Waals surface area (Å²) in [6, 6.07) is 14.7. The largest absolute Gasteiger partial charge is 0.465 e. The fraction of sp³-hybridized carbons (Fsp3) is 0.0588. The molecule has 3 aromatic rings. The van der Waals surface area contributed by atoms with E-state index >= 15 is 0 Å². The zero-order chi connectivity index (χ0) is 16.2. The monoisotopic (exact) mass is 325 g/mol. The Balaban J connectivity index is 1.74. The van der Waals surface area contributed by atoms with E-state index in [0.29, 0.717) is 5.56 Å². The topological polar surface area (TPSA) is 77.2 Å². The minimum atomic E-state index is -0.351. The molecule has 3 N–H and O–H groups in total. The minimum absolute atomic E-state index is 0.351. The van der Waals surface area contributed by atoms with Crippen molar-refractivity contribution in [2.24, 2.45) is 0 Å². The van der Waals surface area contributed by atoms with Crippen molar-refractivity contribution in [3.63, 3.8) is 0 Å². The Hall–Kier alpha value is -2.86. The third kappa shape index (κ3) is 3.49. The van der Waals surface area contributed by atoms with Crippen molar-refractivity contribution in [3.05, 3.63) is 59.5 Å². The number of nitrogens with two attached hydrogens (primary N) is 1. The van der Waals surface area contributed by atoms with Crippen LogP contribution in [0.2, 0.25) is 0 Å². The number of carbonyl (C=O) groups excluding carboxylic acids is 1. The number of carbonyl (C=O) groups is 1. The van der Waals surface area contributed by atoms with Gasteiger partial charge in [-0.2, -0.15) is 0 Å². The van der Waals surface area contributed by atoms with E-state index in [1.807, 2.05) is 41.8 Å². The van der Waals surface area contributed by atoms with Gasteiger partial charge < -0.3 is 15.8 Å². The summed E-state index contributed by atoms with van der Waals surface area (Å²) in [5.74, 6) is -0.351. The molecule has 0 saturated carbocycles. The summed E-state index contributed by atoms with van der Waals surface area (Å²) < 4.78 is 4.68. The van der Waals surface area contributed by atoms with E-state index in [1.54, 1.807) is 12.1 Å². The second-order valence-electron chi connectivity index (χ2n) is 4.85. The van der Waals surface area contributed by atoms with Crippen LogP contribution < -0.4 is 11.1 Å². The molecule has 1 aromatic heterocycles. The molecule has 0 saturated heterocycles. The highest BCUT2D eigenvalue weighted by Crippen LogP contribution is 2.27. The van der Waals surface area contributed by atoms with Crippen LogP contribution in [0.3, 0.4) is 0 Å². The lowest BCUT2D eigenvalue weighted by Gasteiger charge is -2.04. The van der Waals surface area contributed by atoms with Crippen LogP contribution in [0.25, 0.3) is 11.3 Å². The number of thiazole rings is 1. The Kier molecular flexibility index (Phi) is 4.25. The van der Waals surface area contributed by atoms with Gasteiger partial charge in [0.2, 0.25) is 0 Å². The minimum Gasteiger partial charge on any atom is -0.465 e. The second-order valence-corrected chi connectivity index (χ2v) is 5.71. The lowest BCUT2D eigenvalue weighted by molar-refractivity contribution is 0.0601. The molecule has 2 aromatic carbocycles. The van der Waals surface area contributed by atoms with Crippen molar-refractivity contribution in [2.75, 3.05) is 18.2 Å². The summed E-state index contributed by atoms with van der Waals surface area (Å²) in [5.41, 5.74) is 9.70. The van der Waals surface area contributed by atoms with Crippen molar-refractivity contribution in [3.8, 4) is 11.3 Å². The van der Waals surface area contributed by atoms with E-state index in [1.165, 1.54) is 18.4 Å². The van der Waals surface area contributed by atoms with Crippen LogP contribution in [0.15, 0.2) is 53.9 Å². The Morgan fingerprint density at radius 1 is 1.13 bits per heavy atom. The van der Waals surface area contributed by atoms with Crippen molar-refractivity contribution < 1.29 is 9.53 Å². The maximum Gasteiger partial charge on any atom is 0.337 e. The Labute approximate surface area is 137 Å². The van der Waals surface area contributed by atoms with E-state index < -0.39 is 0 Å². The molecule has 3 rings (SSSR count). The van der Waals surface area contributed by atoms with Gasteiger partial charge in [-0.15, -0.1) is 11.3 Å². The zero-order valence-corrected chi connectivity index (χ0v) is 13.3. The van der Waals surface area contributed by atoms with Crippen LogP contribution in [0, 0.1) is 0 Å². The molecule has 0 aliphatic rings. The van der Waals surface area contributed by atoms with Gasteiger partial charge in [0.15, 0.2) is 5.13 Å². The van der Waals surface area contributed by atoms with Crippen LogP contribution >= 0.6 is 11.3 Å². The quantitative estimate of drug-likeness (QED) is 0.561. The van der Waals surface area contributed by atoms with E-state index in [2.05, 4.69) is 15.0 Å². The summed E-state index contributed by atoms with van der Waals surface area (Å²) in [5, 5.41) is 5.98. The molecular weight excluding hydrogens is 310 g/mol. The predicted octanol–water partition coefficient (Wildman–Crippen LogP) is 3.92. The van der Waals surface area contributed by atoms with Gasteiger partial charge in [0, 0.05) is 22.3 Å². The molecule has 0 bridgehead atoms. The van der Waals surface area contributed by atoms with Crippen LogP contribution in [0.5, 0.6) is 0 Å². The number of esters is 1. The fourth-order valence-corrected chi connectivity index (χ4v) is 2.79. The highest BCUT2D eigenvalue weighted by atomic mass is 32.1. The van der Waals surface area contributed by atoms with E-state index in [-0.39, 0.29) is 5.97 Å². The first-order valence-corrected chi connectivity index (χ1v) is 7.80. The lowest BCUT2D eigenvalue weighted by atomic mass is 10.1. The van der Waals surface area contributed by atoms with Crippen molar-refractivity contribution >= 4 is 33.8 Å². The van der Waals surface area contributed by atoms with E-state index in [9.17, 15) is 4.79 Å². The summed E-state index contributed by atoms with van der Waals surface area (Å²) in [7, 11) is 1.36. The van der Waals surface area contributed by atoms with E-state index in [0.717, 1.165) is 27.8 Å². The van der Waals surface area contributed by atoms with Crippen LogP contribution in [0.4, 0.5) is 16.5 Å². The average Bonchev–Trinajstić information content (AvgIpc) is 3.04. The number of aromatic nitrogens is 1. The number of methoxy groups -OCH3 is 1. The number of anilines is 3. The Morgan fingerprint density at radius 2 is 1.83 bits per heavy atom. The second kappa shape index (κ2) is 6.50. The molecule has 0 fully saturated rings. The summed E-state index contributed by atoms with van der Waals surface area (Å²) in [4.78, 5) is 16.0. The van der Waals surface area contributed by atoms with Gasteiger partial charge in [-0.3, -0.25) is 0 Å². The molecule has 116 valence electrons.